The Kier molecular flexibility index (Phi) is 5.44. The third-order valence-electron chi connectivity index (χ3n) is 5.26. The van der Waals surface area contributed by atoms with Gasteiger partial charge in [0.05, 0.1) is 12.8 Å². The lowest BCUT2D eigenvalue weighted by molar-refractivity contribution is 0.0513. The highest BCUT2D eigenvalue weighted by molar-refractivity contribution is 7.71. The molecule has 0 aliphatic carbocycles. The first-order valence-electron chi connectivity index (χ1n) is 9.75. The van der Waals surface area contributed by atoms with E-state index in [1.54, 1.807) is 0 Å². The average Bonchev–Trinajstić information content (AvgIpc) is 2.99. The molecule has 6 heteroatoms. The van der Waals surface area contributed by atoms with Crippen LogP contribution >= 0.6 is 12.2 Å². The normalized spacial score (nSPS) is 17.8. The van der Waals surface area contributed by atoms with Crippen LogP contribution < -0.4 is 0 Å². The highest BCUT2D eigenvalue weighted by atomic mass is 32.1. The van der Waals surface area contributed by atoms with Crippen molar-refractivity contribution in [3.05, 3.63) is 64.4 Å². The van der Waals surface area contributed by atoms with E-state index in [1.807, 2.05) is 9.25 Å². The van der Waals surface area contributed by atoms with Crippen LogP contribution in [0.25, 0.3) is 17.1 Å². The quantitative estimate of drug-likeness (QED) is 0.677. The first kappa shape index (κ1) is 19.1. The fraction of sp³-hybridized carbons (Fsp3) is 0.364. The minimum atomic E-state index is -0.265. The molecule has 0 saturated carbocycles. The molecule has 0 radical (unpaired) electrons. The predicted molar refractivity (Wildman–Crippen MR) is 114 cm³/mol. The number of aromatic nitrogens is 3. The number of likely N-dealkylation sites (tertiary alicyclic amines) is 1. The Hall–Kier alpha value is -2.28. The molecule has 1 fully saturated rings. The molecule has 1 saturated heterocycles. The molecule has 146 valence electrons. The Morgan fingerprint density at radius 2 is 1.68 bits per heavy atom. The number of benzene rings is 2. The van der Waals surface area contributed by atoms with Gasteiger partial charge >= 0.3 is 0 Å². The summed E-state index contributed by atoms with van der Waals surface area (Å²) in [6.07, 6.45) is 1.60. The molecule has 2 heterocycles. The molecular weight excluding hydrogens is 368 g/mol. The van der Waals surface area contributed by atoms with Gasteiger partial charge in [0.15, 0.2) is 5.82 Å². The van der Waals surface area contributed by atoms with Crippen molar-refractivity contribution in [1.29, 1.82) is 0 Å². The van der Waals surface area contributed by atoms with Crippen LogP contribution in [0.2, 0.25) is 0 Å². The largest absolute Gasteiger partial charge is 0.392 e. The van der Waals surface area contributed by atoms with Gasteiger partial charge in [0, 0.05) is 24.3 Å². The van der Waals surface area contributed by atoms with Crippen LogP contribution in [0.15, 0.2) is 48.5 Å². The average molecular weight is 395 g/mol. The summed E-state index contributed by atoms with van der Waals surface area (Å²) in [5, 5.41) is 14.9. The van der Waals surface area contributed by atoms with Crippen molar-refractivity contribution in [2.24, 2.45) is 0 Å². The molecule has 2 aromatic carbocycles. The van der Waals surface area contributed by atoms with E-state index in [-0.39, 0.29) is 6.10 Å². The van der Waals surface area contributed by atoms with E-state index >= 15 is 0 Å². The number of β-amino-alcohol motifs (C(OH)–C–C–N with tert-alkyl or cyclic N) is 1. The van der Waals surface area contributed by atoms with Gasteiger partial charge in [-0.3, -0.25) is 9.47 Å². The molecule has 1 N–H and O–H groups in total. The van der Waals surface area contributed by atoms with Crippen LogP contribution in [0.3, 0.4) is 0 Å². The highest BCUT2D eigenvalue weighted by Gasteiger charge is 2.20. The molecular formula is C22H26N4OS. The number of nitrogens with zero attached hydrogens (tertiary/aromatic N) is 4. The lowest BCUT2D eigenvalue weighted by Gasteiger charge is -2.29. The minimum absolute atomic E-state index is 0.265. The molecule has 1 aromatic heterocycles. The van der Waals surface area contributed by atoms with Crippen LogP contribution in [0.1, 0.15) is 24.0 Å². The second kappa shape index (κ2) is 7.99. The standard InChI is InChI=1S/C22H26N4OS/c1-16-5-9-18(10-6-16)21-23-25(15-24-13-3-4-20(27)14-24)22(28)26(21)19-11-7-17(2)8-12-19/h5-12,20,27H,3-4,13-15H2,1-2H3/t20-/m0/s1. The van der Waals surface area contributed by atoms with Gasteiger partial charge in [-0.25, -0.2) is 4.68 Å². The van der Waals surface area contributed by atoms with E-state index in [1.165, 1.54) is 11.1 Å². The number of aryl methyl sites for hydroxylation is 2. The second-order valence-electron chi connectivity index (χ2n) is 7.66. The summed E-state index contributed by atoms with van der Waals surface area (Å²) in [7, 11) is 0. The van der Waals surface area contributed by atoms with Gasteiger partial charge in [-0.2, -0.15) is 0 Å². The SMILES string of the molecule is Cc1ccc(-c2nn(CN3CCC[C@H](O)C3)c(=S)n2-c2ccc(C)cc2)cc1. The van der Waals surface area contributed by atoms with E-state index in [2.05, 4.69) is 67.3 Å². The Bertz CT molecular complexity index is 1000. The maximum absolute atomic E-state index is 9.99. The summed E-state index contributed by atoms with van der Waals surface area (Å²) in [6.45, 7) is 6.37. The summed E-state index contributed by atoms with van der Waals surface area (Å²) in [5.74, 6) is 0.839. The third-order valence-corrected chi connectivity index (χ3v) is 5.65. The van der Waals surface area contributed by atoms with Gasteiger partial charge in [0.1, 0.15) is 0 Å². The van der Waals surface area contributed by atoms with Crippen LogP contribution in [0.5, 0.6) is 0 Å². The van der Waals surface area contributed by atoms with E-state index in [0.717, 1.165) is 36.5 Å². The highest BCUT2D eigenvalue weighted by Crippen LogP contribution is 2.24. The first-order chi connectivity index (χ1) is 13.5. The molecule has 1 aliphatic heterocycles. The van der Waals surface area contributed by atoms with E-state index in [9.17, 15) is 5.11 Å². The Morgan fingerprint density at radius 3 is 2.32 bits per heavy atom. The van der Waals surface area contributed by atoms with E-state index in [0.29, 0.717) is 18.0 Å². The van der Waals surface area contributed by atoms with Gasteiger partial charge in [-0.1, -0.05) is 47.5 Å². The minimum Gasteiger partial charge on any atom is -0.392 e. The maximum Gasteiger partial charge on any atom is 0.204 e. The molecule has 1 aliphatic rings. The summed E-state index contributed by atoms with van der Waals surface area (Å²) in [5.41, 5.74) is 4.47. The molecule has 5 nitrogen and oxygen atoms in total. The van der Waals surface area contributed by atoms with Crippen LogP contribution in [0, 0.1) is 18.6 Å². The van der Waals surface area contributed by atoms with Crippen molar-refractivity contribution in [1.82, 2.24) is 19.2 Å². The number of piperidine rings is 1. The lowest BCUT2D eigenvalue weighted by atomic mass is 10.1. The van der Waals surface area contributed by atoms with E-state index < -0.39 is 0 Å². The van der Waals surface area contributed by atoms with Gasteiger partial charge < -0.3 is 5.11 Å². The number of rotatable bonds is 4. The zero-order chi connectivity index (χ0) is 19.7. The summed E-state index contributed by atoms with van der Waals surface area (Å²) >= 11 is 5.83. The topological polar surface area (TPSA) is 46.2 Å². The van der Waals surface area contributed by atoms with Crippen molar-refractivity contribution < 1.29 is 5.11 Å². The van der Waals surface area contributed by atoms with E-state index in [4.69, 9.17) is 17.3 Å². The van der Waals surface area contributed by atoms with Crippen LogP contribution in [0.4, 0.5) is 0 Å². The molecule has 0 unspecified atom stereocenters. The van der Waals surface area contributed by atoms with Gasteiger partial charge in [0.25, 0.3) is 0 Å². The summed E-state index contributed by atoms with van der Waals surface area (Å²) in [6, 6.07) is 16.7. The fourth-order valence-electron chi connectivity index (χ4n) is 3.67. The monoisotopic (exact) mass is 394 g/mol. The maximum atomic E-state index is 9.99. The molecule has 0 spiro atoms. The number of hydrogen-bond donors (Lipinski definition) is 1. The lowest BCUT2D eigenvalue weighted by Crippen LogP contribution is -2.39. The molecule has 0 amide bonds. The second-order valence-corrected chi connectivity index (χ2v) is 8.02. The van der Waals surface area contributed by atoms with Crippen molar-refractivity contribution in [3.8, 4) is 17.1 Å². The zero-order valence-corrected chi connectivity index (χ0v) is 17.2. The van der Waals surface area contributed by atoms with Crippen molar-refractivity contribution in [2.75, 3.05) is 13.1 Å². The van der Waals surface area contributed by atoms with Crippen molar-refractivity contribution in [3.63, 3.8) is 0 Å². The molecule has 3 aromatic rings. The molecule has 4 rings (SSSR count). The van der Waals surface area contributed by atoms with Gasteiger partial charge in [-0.05, 0) is 51.0 Å². The fourth-order valence-corrected chi connectivity index (χ4v) is 3.96. The molecule has 1 atom stereocenters. The summed E-state index contributed by atoms with van der Waals surface area (Å²) < 4.78 is 4.59. The zero-order valence-electron chi connectivity index (χ0n) is 16.4. The Labute approximate surface area is 170 Å². The van der Waals surface area contributed by atoms with Crippen molar-refractivity contribution in [2.45, 2.75) is 39.5 Å². The number of aliphatic hydroxyl groups excluding tert-OH is 1. The Morgan fingerprint density at radius 1 is 1.04 bits per heavy atom. The van der Waals surface area contributed by atoms with Gasteiger partial charge in [0.2, 0.25) is 4.77 Å². The predicted octanol–water partition coefficient (Wildman–Crippen LogP) is 4.10. The number of hydrogen-bond acceptors (Lipinski definition) is 4. The van der Waals surface area contributed by atoms with Crippen LogP contribution in [-0.4, -0.2) is 43.5 Å². The molecule has 28 heavy (non-hydrogen) atoms. The molecule has 0 bridgehead atoms. The third kappa shape index (κ3) is 3.94. The smallest absolute Gasteiger partial charge is 0.204 e. The number of aliphatic hydroxyl groups is 1. The first-order valence-corrected chi connectivity index (χ1v) is 10.2. The Balaban J connectivity index is 1.78. The van der Waals surface area contributed by atoms with Gasteiger partial charge in [-0.15, -0.1) is 5.10 Å². The summed E-state index contributed by atoms with van der Waals surface area (Å²) in [4.78, 5) is 2.22. The van der Waals surface area contributed by atoms with Crippen LogP contribution in [-0.2, 0) is 6.67 Å². The van der Waals surface area contributed by atoms with Crippen molar-refractivity contribution >= 4 is 12.2 Å².